The van der Waals surface area contributed by atoms with Gasteiger partial charge < -0.3 is 20.4 Å². The summed E-state index contributed by atoms with van der Waals surface area (Å²) in [6, 6.07) is 23.9. The summed E-state index contributed by atoms with van der Waals surface area (Å²) in [5.41, 5.74) is 4.35. The van der Waals surface area contributed by atoms with E-state index >= 15 is 0 Å². The molecule has 2 unspecified atom stereocenters. The Hall–Kier alpha value is -4.13. The maximum atomic E-state index is 14.1. The number of carbonyl (C=O) groups excluding carboxylic acids is 3. The van der Waals surface area contributed by atoms with Gasteiger partial charge in [-0.15, -0.1) is 0 Å². The molecule has 7 heteroatoms. The Morgan fingerprint density at radius 1 is 0.923 bits per heavy atom. The van der Waals surface area contributed by atoms with Gasteiger partial charge in [-0.3, -0.25) is 9.59 Å². The molecule has 0 fully saturated rings. The van der Waals surface area contributed by atoms with Gasteiger partial charge in [-0.1, -0.05) is 60.7 Å². The van der Waals surface area contributed by atoms with Crippen LogP contribution in [0.1, 0.15) is 56.7 Å². The number of benzene rings is 3. The minimum absolute atomic E-state index is 0.0130. The molecule has 3 aromatic carbocycles. The van der Waals surface area contributed by atoms with E-state index in [1.807, 2.05) is 113 Å². The number of anilines is 2. The number of urea groups is 1. The van der Waals surface area contributed by atoms with Crippen LogP contribution in [0.15, 0.2) is 78.9 Å². The third kappa shape index (κ3) is 6.48. The number of para-hydroxylation sites is 1. The summed E-state index contributed by atoms with van der Waals surface area (Å²) in [4.78, 5) is 44.1. The van der Waals surface area contributed by atoms with Crippen LogP contribution in [0, 0.1) is 6.92 Å². The van der Waals surface area contributed by atoms with E-state index in [2.05, 4.69) is 10.6 Å². The highest BCUT2D eigenvalue weighted by Crippen LogP contribution is 2.39. The lowest BCUT2D eigenvalue weighted by molar-refractivity contribution is -0.134. The lowest BCUT2D eigenvalue weighted by Crippen LogP contribution is -2.53. The van der Waals surface area contributed by atoms with Gasteiger partial charge in [0.2, 0.25) is 11.8 Å². The molecule has 1 aliphatic heterocycles. The molecular weight excluding hydrogens is 488 g/mol. The number of fused-ring (bicyclic) bond motifs is 1. The predicted molar refractivity (Wildman–Crippen MR) is 156 cm³/mol. The fraction of sp³-hybridized carbons (Fsp3) is 0.344. The summed E-state index contributed by atoms with van der Waals surface area (Å²) in [5.74, 6) is -0.590. The summed E-state index contributed by atoms with van der Waals surface area (Å²) < 4.78 is 0. The summed E-state index contributed by atoms with van der Waals surface area (Å²) in [6.07, 6.45) is 0.365. The highest BCUT2D eigenvalue weighted by molar-refractivity contribution is 6.05. The van der Waals surface area contributed by atoms with E-state index in [1.54, 1.807) is 9.80 Å². The summed E-state index contributed by atoms with van der Waals surface area (Å²) in [6.45, 7) is 9.74. The Kier molecular flexibility index (Phi) is 8.69. The van der Waals surface area contributed by atoms with E-state index in [0.717, 1.165) is 16.7 Å². The topological polar surface area (TPSA) is 81.8 Å². The first-order chi connectivity index (χ1) is 18.7. The first-order valence-corrected chi connectivity index (χ1v) is 13.6. The molecule has 0 aromatic heterocycles. The molecule has 0 saturated carbocycles. The number of hydrogen-bond acceptors (Lipinski definition) is 3. The van der Waals surface area contributed by atoms with E-state index in [-0.39, 0.29) is 36.4 Å². The normalized spacial score (nSPS) is 17.0. The molecule has 0 bridgehead atoms. The zero-order valence-corrected chi connectivity index (χ0v) is 23.3. The molecule has 4 rings (SSSR count). The summed E-state index contributed by atoms with van der Waals surface area (Å²) >= 11 is 0. The number of nitrogens with one attached hydrogen (secondary N) is 2. The quantitative estimate of drug-likeness (QED) is 0.414. The Bertz CT molecular complexity index is 1310. The van der Waals surface area contributed by atoms with Gasteiger partial charge in [-0.2, -0.15) is 0 Å². The van der Waals surface area contributed by atoms with E-state index in [1.165, 1.54) is 0 Å². The van der Waals surface area contributed by atoms with Crippen molar-refractivity contribution in [2.24, 2.45) is 0 Å². The predicted octanol–water partition coefficient (Wildman–Crippen LogP) is 5.70. The van der Waals surface area contributed by atoms with Crippen molar-refractivity contribution < 1.29 is 14.4 Å². The second kappa shape index (κ2) is 12.2. The first kappa shape index (κ1) is 27.9. The molecule has 0 radical (unpaired) electrons. The third-order valence-electron chi connectivity index (χ3n) is 7.12. The van der Waals surface area contributed by atoms with E-state index in [4.69, 9.17) is 0 Å². The SMILES string of the molecule is Cc1cccc(NC(=O)NC2CC(c3ccccc3)c3ccccc3N(CC(=O)N(C(C)C)C(C)C)C2=O)c1. The fourth-order valence-corrected chi connectivity index (χ4v) is 5.52. The molecule has 0 saturated heterocycles. The Balaban J connectivity index is 1.71. The monoisotopic (exact) mass is 526 g/mol. The molecule has 1 aliphatic rings. The number of nitrogens with zero attached hydrogens (tertiary/aromatic N) is 2. The van der Waals surface area contributed by atoms with Crippen LogP contribution in [0.4, 0.5) is 16.2 Å². The van der Waals surface area contributed by atoms with Crippen LogP contribution in [0.5, 0.6) is 0 Å². The lowest BCUT2D eigenvalue weighted by atomic mass is 9.86. The Morgan fingerprint density at radius 2 is 1.59 bits per heavy atom. The first-order valence-electron chi connectivity index (χ1n) is 13.6. The Labute approximate surface area is 231 Å². The van der Waals surface area contributed by atoms with Crippen molar-refractivity contribution in [3.05, 3.63) is 95.6 Å². The van der Waals surface area contributed by atoms with Gasteiger partial charge in [0, 0.05) is 29.4 Å². The van der Waals surface area contributed by atoms with Gasteiger partial charge >= 0.3 is 6.03 Å². The molecule has 3 aromatic rings. The standard InChI is InChI=1S/C32H38N4O3/c1-21(2)36(22(3)4)30(37)20-35-29-17-10-9-16-26(29)27(24-13-7-6-8-14-24)19-28(31(35)38)34-32(39)33-25-15-11-12-23(5)18-25/h6-18,21-22,27-28H,19-20H2,1-5H3,(H2,33,34,39). The number of carbonyl (C=O) groups is 3. The van der Waals surface area contributed by atoms with Crippen molar-refractivity contribution in [2.75, 3.05) is 16.8 Å². The third-order valence-corrected chi connectivity index (χ3v) is 7.12. The fourth-order valence-electron chi connectivity index (χ4n) is 5.52. The number of amides is 4. The highest BCUT2D eigenvalue weighted by Gasteiger charge is 2.38. The molecule has 4 amide bonds. The van der Waals surface area contributed by atoms with Gasteiger partial charge in [0.15, 0.2) is 0 Å². The van der Waals surface area contributed by atoms with Crippen molar-refractivity contribution in [3.63, 3.8) is 0 Å². The van der Waals surface area contributed by atoms with E-state index in [0.29, 0.717) is 17.8 Å². The Morgan fingerprint density at radius 3 is 2.26 bits per heavy atom. The van der Waals surface area contributed by atoms with Crippen LogP contribution in [0.25, 0.3) is 0 Å². The summed E-state index contributed by atoms with van der Waals surface area (Å²) in [7, 11) is 0. The molecule has 0 aliphatic carbocycles. The van der Waals surface area contributed by atoms with Crippen LogP contribution < -0.4 is 15.5 Å². The lowest BCUT2D eigenvalue weighted by Gasteiger charge is -2.34. The molecule has 7 nitrogen and oxygen atoms in total. The van der Waals surface area contributed by atoms with Crippen molar-refractivity contribution in [2.45, 2.75) is 65.1 Å². The molecule has 0 spiro atoms. The van der Waals surface area contributed by atoms with Crippen molar-refractivity contribution in [1.82, 2.24) is 10.2 Å². The molecule has 204 valence electrons. The summed E-state index contributed by atoms with van der Waals surface area (Å²) in [5, 5.41) is 5.78. The molecule has 2 atom stereocenters. The largest absolute Gasteiger partial charge is 0.336 e. The van der Waals surface area contributed by atoms with Crippen molar-refractivity contribution in [1.29, 1.82) is 0 Å². The number of aryl methyl sites for hydroxylation is 1. The molecule has 39 heavy (non-hydrogen) atoms. The van der Waals surface area contributed by atoms with Crippen LogP contribution in [0.2, 0.25) is 0 Å². The van der Waals surface area contributed by atoms with E-state index < -0.39 is 12.1 Å². The second-order valence-electron chi connectivity index (χ2n) is 10.7. The zero-order chi connectivity index (χ0) is 28.1. The maximum absolute atomic E-state index is 14.1. The number of hydrogen-bond donors (Lipinski definition) is 2. The smallest absolute Gasteiger partial charge is 0.319 e. The van der Waals surface area contributed by atoms with Crippen LogP contribution in [-0.2, 0) is 9.59 Å². The highest BCUT2D eigenvalue weighted by atomic mass is 16.2. The van der Waals surface area contributed by atoms with Gasteiger partial charge in [0.25, 0.3) is 0 Å². The van der Waals surface area contributed by atoms with Crippen molar-refractivity contribution >= 4 is 29.2 Å². The van der Waals surface area contributed by atoms with Crippen molar-refractivity contribution in [3.8, 4) is 0 Å². The molecular formula is C32H38N4O3. The van der Waals surface area contributed by atoms with Crippen LogP contribution in [0.3, 0.4) is 0 Å². The average Bonchev–Trinajstić information content (AvgIpc) is 2.99. The minimum Gasteiger partial charge on any atom is -0.336 e. The van der Waals surface area contributed by atoms with Gasteiger partial charge in [-0.05, 0) is 75.9 Å². The maximum Gasteiger partial charge on any atom is 0.319 e. The molecule has 2 N–H and O–H groups in total. The van der Waals surface area contributed by atoms with Gasteiger partial charge in [0.1, 0.15) is 12.6 Å². The number of rotatable bonds is 7. The molecule has 1 heterocycles. The van der Waals surface area contributed by atoms with Crippen LogP contribution in [-0.4, -0.2) is 47.4 Å². The average molecular weight is 527 g/mol. The zero-order valence-electron chi connectivity index (χ0n) is 23.3. The second-order valence-corrected chi connectivity index (χ2v) is 10.7. The van der Waals surface area contributed by atoms with Gasteiger partial charge in [-0.25, -0.2) is 4.79 Å². The van der Waals surface area contributed by atoms with Gasteiger partial charge in [0.05, 0.1) is 0 Å². The minimum atomic E-state index is -0.841. The van der Waals surface area contributed by atoms with Crippen LogP contribution >= 0.6 is 0 Å². The van der Waals surface area contributed by atoms with E-state index in [9.17, 15) is 14.4 Å².